The molecule has 1 fully saturated rings. The van der Waals surface area contributed by atoms with Gasteiger partial charge in [-0.25, -0.2) is 4.98 Å². The zero-order valence-electron chi connectivity index (χ0n) is 6.42. The van der Waals surface area contributed by atoms with Gasteiger partial charge in [0.1, 0.15) is 5.78 Å². The molecule has 11 heavy (non-hydrogen) atoms. The lowest BCUT2D eigenvalue weighted by molar-refractivity contribution is -0.119. The smallest absolute Gasteiger partial charge is 0.141 e. The van der Waals surface area contributed by atoms with Crippen LogP contribution in [0.4, 0.5) is 0 Å². The summed E-state index contributed by atoms with van der Waals surface area (Å²) in [6.07, 6.45) is 5.32. The first-order valence-electron chi connectivity index (χ1n) is 3.75. The van der Waals surface area contributed by atoms with Crippen molar-refractivity contribution in [1.29, 1.82) is 0 Å². The maximum absolute atomic E-state index is 11.2. The van der Waals surface area contributed by atoms with Gasteiger partial charge in [0, 0.05) is 11.9 Å². The molecule has 0 spiro atoms. The molecule has 58 valence electrons. The second-order valence-corrected chi connectivity index (χ2v) is 3.10. The number of aromatic amines is 1. The van der Waals surface area contributed by atoms with E-state index < -0.39 is 0 Å². The molecule has 0 aliphatic heterocycles. The third kappa shape index (κ3) is 0.803. The normalized spacial score (nSPS) is 19.7. The SMILES string of the molecule is CC(=O)C1(c2cnc[nH]2)CC1. The second kappa shape index (κ2) is 1.94. The molecule has 0 unspecified atom stereocenters. The highest BCUT2D eigenvalue weighted by Gasteiger charge is 2.49. The number of carbonyl (C=O) groups is 1. The Kier molecular flexibility index (Phi) is 1.16. The number of nitrogens with one attached hydrogen (secondary N) is 1. The molecule has 1 N–H and O–H groups in total. The van der Waals surface area contributed by atoms with Crippen LogP contribution < -0.4 is 0 Å². The van der Waals surface area contributed by atoms with Crippen molar-refractivity contribution in [3.63, 3.8) is 0 Å². The van der Waals surface area contributed by atoms with Crippen LogP contribution in [0.5, 0.6) is 0 Å². The van der Waals surface area contributed by atoms with Crippen LogP contribution in [0.2, 0.25) is 0 Å². The van der Waals surface area contributed by atoms with Gasteiger partial charge in [-0.05, 0) is 19.8 Å². The van der Waals surface area contributed by atoms with Gasteiger partial charge in [0.05, 0.1) is 11.7 Å². The Morgan fingerprint density at radius 1 is 1.73 bits per heavy atom. The van der Waals surface area contributed by atoms with Crippen molar-refractivity contribution in [3.05, 3.63) is 18.2 Å². The van der Waals surface area contributed by atoms with Crippen molar-refractivity contribution in [1.82, 2.24) is 9.97 Å². The number of nitrogens with zero attached hydrogens (tertiary/aromatic N) is 1. The maximum atomic E-state index is 11.2. The molecule has 0 amide bonds. The highest BCUT2D eigenvalue weighted by atomic mass is 16.1. The monoisotopic (exact) mass is 150 g/mol. The van der Waals surface area contributed by atoms with Gasteiger partial charge in [-0.3, -0.25) is 4.79 Å². The Bertz CT molecular complexity index is 272. The van der Waals surface area contributed by atoms with E-state index in [2.05, 4.69) is 9.97 Å². The quantitative estimate of drug-likeness (QED) is 0.684. The number of aromatic nitrogens is 2. The lowest BCUT2D eigenvalue weighted by Crippen LogP contribution is -2.16. The third-order valence-electron chi connectivity index (χ3n) is 2.44. The third-order valence-corrected chi connectivity index (χ3v) is 2.44. The van der Waals surface area contributed by atoms with Crippen LogP contribution >= 0.6 is 0 Å². The lowest BCUT2D eigenvalue weighted by atomic mass is 9.99. The Labute approximate surface area is 64.8 Å². The minimum Gasteiger partial charge on any atom is -0.348 e. The van der Waals surface area contributed by atoms with Gasteiger partial charge in [0.2, 0.25) is 0 Å². The number of imidazole rings is 1. The van der Waals surface area contributed by atoms with Gasteiger partial charge in [-0.15, -0.1) is 0 Å². The average Bonchev–Trinajstić information content (AvgIpc) is 2.61. The topological polar surface area (TPSA) is 45.8 Å². The van der Waals surface area contributed by atoms with Crippen LogP contribution in [0.15, 0.2) is 12.5 Å². The van der Waals surface area contributed by atoms with Crippen molar-refractivity contribution in [2.75, 3.05) is 0 Å². The van der Waals surface area contributed by atoms with Crippen molar-refractivity contribution >= 4 is 5.78 Å². The molecule has 1 heterocycles. The summed E-state index contributed by atoms with van der Waals surface area (Å²) in [5, 5.41) is 0. The first-order valence-corrected chi connectivity index (χ1v) is 3.75. The van der Waals surface area contributed by atoms with Crippen LogP contribution in [0.1, 0.15) is 25.5 Å². The fourth-order valence-corrected chi connectivity index (χ4v) is 1.45. The fraction of sp³-hybridized carbons (Fsp3) is 0.500. The average molecular weight is 150 g/mol. The van der Waals surface area contributed by atoms with Gasteiger partial charge in [0.15, 0.2) is 0 Å². The first-order chi connectivity index (χ1) is 5.26. The predicted molar refractivity (Wildman–Crippen MR) is 40.2 cm³/mol. The number of Topliss-reactive ketones (excluding diaryl/α,β-unsaturated/α-hetero) is 1. The number of rotatable bonds is 2. The summed E-state index contributed by atoms with van der Waals surface area (Å²) < 4.78 is 0. The summed E-state index contributed by atoms with van der Waals surface area (Å²) in [7, 11) is 0. The van der Waals surface area contributed by atoms with Crippen molar-refractivity contribution < 1.29 is 4.79 Å². The highest BCUT2D eigenvalue weighted by molar-refractivity contribution is 5.90. The summed E-state index contributed by atoms with van der Waals surface area (Å²) in [4.78, 5) is 18.1. The van der Waals surface area contributed by atoms with Gasteiger partial charge in [-0.2, -0.15) is 0 Å². The lowest BCUT2D eigenvalue weighted by Gasteiger charge is -2.06. The van der Waals surface area contributed by atoms with Crippen LogP contribution in [0.3, 0.4) is 0 Å². The van der Waals surface area contributed by atoms with E-state index >= 15 is 0 Å². The highest BCUT2D eigenvalue weighted by Crippen LogP contribution is 2.47. The van der Waals surface area contributed by atoms with E-state index in [1.165, 1.54) is 0 Å². The summed E-state index contributed by atoms with van der Waals surface area (Å²) in [5.74, 6) is 0.252. The Morgan fingerprint density at radius 2 is 2.45 bits per heavy atom. The van der Waals surface area contributed by atoms with E-state index in [-0.39, 0.29) is 11.2 Å². The second-order valence-electron chi connectivity index (χ2n) is 3.10. The summed E-state index contributed by atoms with van der Waals surface area (Å²) in [6.45, 7) is 1.65. The minimum absolute atomic E-state index is 0.184. The summed E-state index contributed by atoms with van der Waals surface area (Å²) >= 11 is 0. The Hall–Kier alpha value is -1.12. The maximum Gasteiger partial charge on any atom is 0.141 e. The minimum atomic E-state index is -0.184. The molecular weight excluding hydrogens is 140 g/mol. The van der Waals surface area contributed by atoms with Crippen molar-refractivity contribution in [3.8, 4) is 0 Å². The molecule has 3 nitrogen and oxygen atoms in total. The molecule has 1 aliphatic carbocycles. The van der Waals surface area contributed by atoms with Gasteiger partial charge < -0.3 is 4.98 Å². The number of hydrogen-bond acceptors (Lipinski definition) is 2. The van der Waals surface area contributed by atoms with E-state index in [0.717, 1.165) is 18.5 Å². The first kappa shape index (κ1) is 6.58. The molecule has 0 bridgehead atoms. The zero-order valence-corrected chi connectivity index (χ0v) is 6.42. The molecule has 1 aromatic heterocycles. The molecule has 0 atom stereocenters. The molecule has 3 heteroatoms. The van der Waals surface area contributed by atoms with E-state index in [9.17, 15) is 4.79 Å². The number of hydrogen-bond donors (Lipinski definition) is 1. The van der Waals surface area contributed by atoms with Crippen molar-refractivity contribution in [2.45, 2.75) is 25.2 Å². The van der Waals surface area contributed by atoms with E-state index in [4.69, 9.17) is 0 Å². The fourth-order valence-electron chi connectivity index (χ4n) is 1.45. The molecule has 1 saturated carbocycles. The van der Waals surface area contributed by atoms with E-state index in [0.29, 0.717) is 0 Å². The standard InChI is InChI=1S/C8H10N2O/c1-6(11)8(2-3-8)7-4-9-5-10-7/h4-5H,2-3H2,1H3,(H,9,10). The Morgan fingerprint density at radius 3 is 2.82 bits per heavy atom. The number of H-pyrrole nitrogens is 1. The molecule has 0 aromatic carbocycles. The molecule has 1 aromatic rings. The van der Waals surface area contributed by atoms with Gasteiger partial charge in [0.25, 0.3) is 0 Å². The molecule has 1 aliphatic rings. The van der Waals surface area contributed by atoms with E-state index in [1.807, 2.05) is 0 Å². The van der Waals surface area contributed by atoms with Crippen LogP contribution in [0, 0.1) is 0 Å². The van der Waals surface area contributed by atoms with Gasteiger partial charge >= 0.3 is 0 Å². The summed E-state index contributed by atoms with van der Waals surface area (Å²) in [6, 6.07) is 0. The van der Waals surface area contributed by atoms with Crippen molar-refractivity contribution in [2.24, 2.45) is 0 Å². The molecule has 0 saturated heterocycles. The van der Waals surface area contributed by atoms with Crippen LogP contribution in [-0.4, -0.2) is 15.8 Å². The molecule has 2 rings (SSSR count). The van der Waals surface area contributed by atoms with Crippen LogP contribution in [0.25, 0.3) is 0 Å². The molecular formula is C8H10N2O. The van der Waals surface area contributed by atoms with Gasteiger partial charge in [-0.1, -0.05) is 0 Å². The molecule has 0 radical (unpaired) electrons. The summed E-state index contributed by atoms with van der Waals surface area (Å²) in [5.41, 5.74) is 0.793. The zero-order chi connectivity index (χ0) is 7.90. The van der Waals surface area contributed by atoms with Crippen LogP contribution in [-0.2, 0) is 10.2 Å². The van der Waals surface area contributed by atoms with E-state index in [1.54, 1.807) is 19.4 Å². The Balaban J connectivity index is 2.36. The largest absolute Gasteiger partial charge is 0.348 e. The predicted octanol–water partition coefficient (Wildman–Crippen LogP) is 1.03. The number of ketones is 1. The number of carbonyl (C=O) groups excluding carboxylic acids is 1.